The molecular weight excluding hydrogens is 321 g/mol. The van der Waals surface area contributed by atoms with E-state index >= 15 is 0 Å². The SMILES string of the molecule is CC(C)C(C)(CN)NC(=O)CCNS(=O)(=O)c1ccc(F)cc1. The van der Waals surface area contributed by atoms with Crippen LogP contribution >= 0.6 is 0 Å². The second-order valence-corrected chi connectivity index (χ2v) is 7.69. The highest BCUT2D eigenvalue weighted by Gasteiger charge is 2.28. The number of benzene rings is 1. The third kappa shape index (κ3) is 5.56. The highest BCUT2D eigenvalue weighted by atomic mass is 32.2. The topological polar surface area (TPSA) is 101 Å². The number of nitrogens with two attached hydrogens (primary N) is 1. The van der Waals surface area contributed by atoms with Crippen LogP contribution in [0.15, 0.2) is 29.2 Å². The number of hydrogen-bond donors (Lipinski definition) is 3. The Hall–Kier alpha value is -1.51. The zero-order valence-electron chi connectivity index (χ0n) is 13.6. The van der Waals surface area contributed by atoms with E-state index in [-0.39, 0.29) is 36.2 Å². The van der Waals surface area contributed by atoms with Gasteiger partial charge >= 0.3 is 0 Å². The smallest absolute Gasteiger partial charge is 0.240 e. The number of rotatable bonds is 8. The Morgan fingerprint density at radius 2 is 1.87 bits per heavy atom. The van der Waals surface area contributed by atoms with Gasteiger partial charge in [-0.2, -0.15) is 0 Å². The predicted octanol–water partition coefficient (Wildman–Crippen LogP) is 0.984. The summed E-state index contributed by atoms with van der Waals surface area (Å²) in [7, 11) is -3.76. The molecule has 1 rings (SSSR count). The van der Waals surface area contributed by atoms with Gasteiger partial charge in [0.1, 0.15) is 5.82 Å². The molecule has 0 radical (unpaired) electrons. The molecule has 23 heavy (non-hydrogen) atoms. The van der Waals surface area contributed by atoms with E-state index < -0.39 is 21.4 Å². The van der Waals surface area contributed by atoms with Crippen LogP contribution in [0.1, 0.15) is 27.2 Å². The molecule has 0 spiro atoms. The highest BCUT2D eigenvalue weighted by molar-refractivity contribution is 7.89. The molecule has 0 aliphatic rings. The molecule has 1 aromatic carbocycles. The Balaban J connectivity index is 2.56. The van der Waals surface area contributed by atoms with Crippen molar-refractivity contribution in [2.24, 2.45) is 11.7 Å². The summed E-state index contributed by atoms with van der Waals surface area (Å²) in [5.74, 6) is -0.654. The number of hydrogen-bond acceptors (Lipinski definition) is 4. The summed E-state index contributed by atoms with van der Waals surface area (Å²) in [6.07, 6.45) is -0.0112. The number of carbonyl (C=O) groups is 1. The van der Waals surface area contributed by atoms with E-state index in [0.717, 1.165) is 12.1 Å². The van der Waals surface area contributed by atoms with E-state index in [4.69, 9.17) is 5.73 Å². The van der Waals surface area contributed by atoms with Crippen LogP contribution in [0.4, 0.5) is 4.39 Å². The Kier molecular flexibility index (Phi) is 6.67. The van der Waals surface area contributed by atoms with Crippen molar-refractivity contribution in [1.29, 1.82) is 0 Å². The van der Waals surface area contributed by atoms with Crippen LogP contribution in [-0.4, -0.2) is 33.0 Å². The average Bonchev–Trinajstić information content (AvgIpc) is 2.47. The third-order valence-electron chi connectivity index (χ3n) is 3.89. The molecule has 0 saturated heterocycles. The second-order valence-electron chi connectivity index (χ2n) is 5.93. The van der Waals surface area contributed by atoms with Crippen molar-refractivity contribution in [3.05, 3.63) is 30.1 Å². The van der Waals surface area contributed by atoms with Crippen molar-refractivity contribution in [2.45, 2.75) is 37.6 Å². The molecular formula is C15H24FN3O3S. The van der Waals surface area contributed by atoms with Crippen LogP contribution in [0.3, 0.4) is 0 Å². The van der Waals surface area contributed by atoms with Crippen LogP contribution in [0.5, 0.6) is 0 Å². The minimum absolute atomic E-state index is 0.0112. The van der Waals surface area contributed by atoms with E-state index in [9.17, 15) is 17.6 Å². The van der Waals surface area contributed by atoms with Crippen LogP contribution in [0.2, 0.25) is 0 Å². The molecule has 0 fully saturated rings. The molecule has 1 atom stereocenters. The lowest BCUT2D eigenvalue weighted by Gasteiger charge is -2.33. The molecule has 6 nitrogen and oxygen atoms in total. The average molecular weight is 345 g/mol. The Bertz CT molecular complexity index is 632. The van der Waals surface area contributed by atoms with Gasteiger partial charge in [-0.1, -0.05) is 13.8 Å². The first-order chi connectivity index (χ1) is 10.6. The van der Waals surface area contributed by atoms with Crippen LogP contribution in [-0.2, 0) is 14.8 Å². The van der Waals surface area contributed by atoms with Crippen molar-refractivity contribution < 1.29 is 17.6 Å². The highest BCUT2D eigenvalue weighted by Crippen LogP contribution is 2.15. The maximum absolute atomic E-state index is 12.8. The minimum Gasteiger partial charge on any atom is -0.349 e. The maximum atomic E-state index is 12.8. The zero-order valence-corrected chi connectivity index (χ0v) is 14.4. The molecule has 8 heteroatoms. The third-order valence-corrected chi connectivity index (χ3v) is 5.37. The summed E-state index contributed by atoms with van der Waals surface area (Å²) < 4.78 is 39.1. The lowest BCUT2D eigenvalue weighted by molar-refractivity contribution is -0.123. The molecule has 1 unspecified atom stereocenters. The Labute approximate surface area is 136 Å². The second kappa shape index (κ2) is 7.85. The van der Waals surface area contributed by atoms with Gasteiger partial charge in [-0.25, -0.2) is 17.5 Å². The van der Waals surface area contributed by atoms with Gasteiger partial charge in [0.25, 0.3) is 0 Å². The molecule has 4 N–H and O–H groups in total. The number of halogens is 1. The van der Waals surface area contributed by atoms with Gasteiger partial charge in [0, 0.05) is 19.5 Å². The Morgan fingerprint density at radius 1 is 1.30 bits per heavy atom. The van der Waals surface area contributed by atoms with E-state index in [1.807, 2.05) is 20.8 Å². The summed E-state index contributed by atoms with van der Waals surface area (Å²) >= 11 is 0. The summed E-state index contributed by atoms with van der Waals surface area (Å²) in [6.45, 7) is 5.98. The first-order valence-corrected chi connectivity index (χ1v) is 8.85. The van der Waals surface area contributed by atoms with Gasteiger partial charge in [0.2, 0.25) is 15.9 Å². The molecule has 0 aliphatic heterocycles. The standard InChI is InChI=1S/C15H24FN3O3S/c1-11(2)15(3,10-17)19-14(20)8-9-18-23(21,22)13-6-4-12(16)5-7-13/h4-7,11,18H,8-10,17H2,1-3H3,(H,19,20). The molecule has 130 valence electrons. The van der Waals surface area contributed by atoms with E-state index in [0.29, 0.717) is 0 Å². The van der Waals surface area contributed by atoms with Gasteiger partial charge in [-0.15, -0.1) is 0 Å². The first kappa shape index (κ1) is 19.5. The largest absolute Gasteiger partial charge is 0.349 e. The fourth-order valence-electron chi connectivity index (χ4n) is 1.81. The fourth-order valence-corrected chi connectivity index (χ4v) is 2.84. The van der Waals surface area contributed by atoms with Crippen LogP contribution < -0.4 is 15.8 Å². The summed E-state index contributed by atoms with van der Waals surface area (Å²) in [5.41, 5.74) is 5.15. The van der Waals surface area contributed by atoms with E-state index in [2.05, 4.69) is 10.0 Å². The summed E-state index contributed by atoms with van der Waals surface area (Å²) in [5, 5.41) is 2.83. The van der Waals surface area contributed by atoms with Crippen LogP contribution in [0, 0.1) is 11.7 Å². The fraction of sp³-hybridized carbons (Fsp3) is 0.533. The van der Waals surface area contributed by atoms with Crippen molar-refractivity contribution in [3.8, 4) is 0 Å². The first-order valence-electron chi connectivity index (χ1n) is 7.37. The molecule has 1 aromatic rings. The lowest BCUT2D eigenvalue weighted by Crippen LogP contribution is -2.55. The van der Waals surface area contributed by atoms with Crippen LogP contribution in [0.25, 0.3) is 0 Å². The summed E-state index contributed by atoms with van der Waals surface area (Å²) in [4.78, 5) is 11.9. The number of nitrogens with one attached hydrogen (secondary N) is 2. The van der Waals surface area contributed by atoms with Gasteiger partial charge in [-0.05, 0) is 37.1 Å². The van der Waals surface area contributed by atoms with Gasteiger partial charge in [0.15, 0.2) is 0 Å². The van der Waals surface area contributed by atoms with Crippen molar-refractivity contribution >= 4 is 15.9 Å². The van der Waals surface area contributed by atoms with E-state index in [1.54, 1.807) is 0 Å². The zero-order chi connectivity index (χ0) is 17.7. The predicted molar refractivity (Wildman–Crippen MR) is 86.6 cm³/mol. The van der Waals surface area contributed by atoms with Crippen molar-refractivity contribution in [3.63, 3.8) is 0 Å². The number of sulfonamides is 1. The van der Waals surface area contributed by atoms with Crippen molar-refractivity contribution in [1.82, 2.24) is 10.0 Å². The molecule has 0 aliphatic carbocycles. The molecule has 1 amide bonds. The quantitative estimate of drug-likeness (QED) is 0.654. The van der Waals surface area contributed by atoms with E-state index in [1.165, 1.54) is 12.1 Å². The molecule has 0 saturated carbocycles. The number of amides is 1. The minimum atomic E-state index is -3.76. The Morgan fingerprint density at radius 3 is 2.35 bits per heavy atom. The normalized spacial score (nSPS) is 14.5. The maximum Gasteiger partial charge on any atom is 0.240 e. The molecule has 0 bridgehead atoms. The summed E-state index contributed by atoms with van der Waals surface area (Å²) in [6, 6.07) is 4.47. The molecule has 0 aromatic heterocycles. The van der Waals surface area contributed by atoms with Gasteiger partial charge in [0.05, 0.1) is 10.4 Å². The lowest BCUT2D eigenvalue weighted by atomic mass is 9.88. The van der Waals surface area contributed by atoms with Crippen molar-refractivity contribution in [2.75, 3.05) is 13.1 Å². The monoisotopic (exact) mass is 345 g/mol. The van der Waals surface area contributed by atoms with Gasteiger partial charge in [-0.3, -0.25) is 4.79 Å². The van der Waals surface area contributed by atoms with Gasteiger partial charge < -0.3 is 11.1 Å². The number of carbonyl (C=O) groups excluding carboxylic acids is 1. The molecule has 0 heterocycles.